The van der Waals surface area contributed by atoms with Crippen LogP contribution in [0, 0.1) is 0 Å². The van der Waals surface area contributed by atoms with Crippen LogP contribution in [-0.4, -0.2) is 23.5 Å². The molecule has 0 radical (unpaired) electrons. The highest BCUT2D eigenvalue weighted by Crippen LogP contribution is 2.45. The molecule has 1 heterocycles. The maximum absolute atomic E-state index is 6.69. The van der Waals surface area contributed by atoms with Crippen LogP contribution >= 0.6 is 23.2 Å². The van der Waals surface area contributed by atoms with E-state index < -0.39 is 0 Å². The van der Waals surface area contributed by atoms with Gasteiger partial charge in [-0.3, -0.25) is 4.90 Å². The summed E-state index contributed by atoms with van der Waals surface area (Å²) in [4.78, 5) is 2.63. The van der Waals surface area contributed by atoms with Crippen molar-refractivity contribution >= 4 is 23.2 Å². The summed E-state index contributed by atoms with van der Waals surface area (Å²) in [6, 6.07) is 5.88. The van der Waals surface area contributed by atoms with Crippen LogP contribution in [0.4, 0.5) is 0 Å². The molecule has 2 N–H and O–H groups in total. The van der Waals surface area contributed by atoms with Crippen LogP contribution in [0.3, 0.4) is 0 Å². The standard InChI is InChI=1S/C16H22Cl2N2/c17-13-6-5-12(11-14(13)18)15(19)16(7-1-2-8-16)20-9-3-4-10-20/h5-6,11,15H,1-4,7-10,19H2. The number of nitrogens with zero attached hydrogens (tertiary/aromatic N) is 1. The largest absolute Gasteiger partial charge is 0.322 e. The first kappa shape index (κ1) is 14.6. The SMILES string of the molecule is NC(c1ccc(Cl)c(Cl)c1)C1(N2CCCC2)CCCC1. The third-order valence-corrected chi connectivity index (χ3v) is 5.83. The molecule has 1 aliphatic carbocycles. The van der Waals surface area contributed by atoms with E-state index in [0.717, 1.165) is 5.56 Å². The van der Waals surface area contributed by atoms with E-state index in [1.807, 2.05) is 18.2 Å². The monoisotopic (exact) mass is 312 g/mol. The predicted molar refractivity (Wildman–Crippen MR) is 85.4 cm³/mol. The molecule has 0 amide bonds. The van der Waals surface area contributed by atoms with Gasteiger partial charge in [-0.1, -0.05) is 42.1 Å². The van der Waals surface area contributed by atoms with E-state index in [9.17, 15) is 0 Å². The van der Waals surface area contributed by atoms with Gasteiger partial charge in [0.2, 0.25) is 0 Å². The lowest BCUT2D eigenvalue weighted by Crippen LogP contribution is -2.52. The van der Waals surface area contributed by atoms with E-state index in [1.165, 1.54) is 51.6 Å². The summed E-state index contributed by atoms with van der Waals surface area (Å²) >= 11 is 12.2. The van der Waals surface area contributed by atoms with E-state index in [0.29, 0.717) is 10.0 Å². The Balaban J connectivity index is 1.92. The quantitative estimate of drug-likeness (QED) is 0.896. The van der Waals surface area contributed by atoms with Gasteiger partial charge in [-0.05, 0) is 56.5 Å². The predicted octanol–water partition coefficient (Wildman–Crippen LogP) is 4.40. The van der Waals surface area contributed by atoms with Crippen molar-refractivity contribution in [2.45, 2.75) is 50.1 Å². The van der Waals surface area contributed by atoms with Crippen LogP contribution in [0.25, 0.3) is 0 Å². The van der Waals surface area contributed by atoms with Crippen molar-refractivity contribution in [3.8, 4) is 0 Å². The molecule has 110 valence electrons. The maximum Gasteiger partial charge on any atom is 0.0595 e. The van der Waals surface area contributed by atoms with Crippen molar-refractivity contribution in [1.82, 2.24) is 4.90 Å². The lowest BCUT2D eigenvalue weighted by molar-refractivity contribution is 0.0922. The van der Waals surface area contributed by atoms with Crippen LogP contribution in [-0.2, 0) is 0 Å². The minimum Gasteiger partial charge on any atom is -0.322 e. The third kappa shape index (κ3) is 2.48. The number of hydrogen-bond acceptors (Lipinski definition) is 2. The second-order valence-electron chi connectivity index (χ2n) is 6.16. The Kier molecular flexibility index (Phi) is 4.28. The fraction of sp³-hybridized carbons (Fsp3) is 0.625. The van der Waals surface area contributed by atoms with Crippen molar-refractivity contribution in [2.24, 2.45) is 5.73 Å². The zero-order valence-electron chi connectivity index (χ0n) is 11.7. The molecule has 20 heavy (non-hydrogen) atoms. The molecule has 2 nitrogen and oxygen atoms in total. The van der Waals surface area contributed by atoms with Gasteiger partial charge in [-0.25, -0.2) is 0 Å². The van der Waals surface area contributed by atoms with E-state index in [1.54, 1.807) is 0 Å². The van der Waals surface area contributed by atoms with Crippen LogP contribution in [0.5, 0.6) is 0 Å². The number of halogens is 2. The molecule has 2 aliphatic rings. The molecule has 2 fully saturated rings. The van der Waals surface area contributed by atoms with E-state index in [4.69, 9.17) is 28.9 Å². The second kappa shape index (κ2) is 5.84. The number of likely N-dealkylation sites (tertiary alicyclic amines) is 1. The molecule has 1 aromatic carbocycles. The molecule has 3 rings (SSSR count). The van der Waals surface area contributed by atoms with Crippen molar-refractivity contribution in [3.05, 3.63) is 33.8 Å². The van der Waals surface area contributed by atoms with Gasteiger partial charge in [-0.2, -0.15) is 0 Å². The number of benzene rings is 1. The average molecular weight is 313 g/mol. The molecule has 0 spiro atoms. The summed E-state index contributed by atoms with van der Waals surface area (Å²) in [5.41, 5.74) is 7.94. The number of hydrogen-bond donors (Lipinski definition) is 1. The van der Waals surface area contributed by atoms with Crippen LogP contribution in [0.15, 0.2) is 18.2 Å². The van der Waals surface area contributed by atoms with Crippen molar-refractivity contribution < 1.29 is 0 Å². The van der Waals surface area contributed by atoms with E-state index in [2.05, 4.69) is 4.90 Å². The van der Waals surface area contributed by atoms with Gasteiger partial charge in [0, 0.05) is 11.6 Å². The third-order valence-electron chi connectivity index (χ3n) is 5.09. The molecule has 1 aromatic rings. The van der Waals surface area contributed by atoms with Gasteiger partial charge in [0.15, 0.2) is 0 Å². The maximum atomic E-state index is 6.69. The first-order valence-electron chi connectivity index (χ1n) is 7.59. The van der Waals surface area contributed by atoms with E-state index >= 15 is 0 Å². The molecule has 1 saturated carbocycles. The minimum atomic E-state index is 0.0258. The summed E-state index contributed by atoms with van der Waals surface area (Å²) in [6.45, 7) is 2.38. The first-order chi connectivity index (χ1) is 9.63. The van der Waals surface area contributed by atoms with Crippen LogP contribution < -0.4 is 5.73 Å². The van der Waals surface area contributed by atoms with Crippen molar-refractivity contribution in [3.63, 3.8) is 0 Å². The topological polar surface area (TPSA) is 29.3 Å². The highest BCUT2D eigenvalue weighted by molar-refractivity contribution is 6.42. The fourth-order valence-electron chi connectivity index (χ4n) is 3.99. The first-order valence-corrected chi connectivity index (χ1v) is 8.35. The van der Waals surface area contributed by atoms with E-state index in [-0.39, 0.29) is 11.6 Å². The minimum absolute atomic E-state index is 0.0258. The Bertz CT molecular complexity index is 477. The Hall–Kier alpha value is -0.280. The summed E-state index contributed by atoms with van der Waals surface area (Å²) in [5.74, 6) is 0. The molecule has 4 heteroatoms. The Morgan fingerprint density at radius 3 is 2.25 bits per heavy atom. The normalized spacial score (nSPS) is 24.1. The van der Waals surface area contributed by atoms with Gasteiger partial charge in [0.05, 0.1) is 10.0 Å². The fourth-order valence-corrected chi connectivity index (χ4v) is 4.30. The molecule has 0 aromatic heterocycles. The Morgan fingerprint density at radius 2 is 1.65 bits per heavy atom. The molecule has 1 saturated heterocycles. The summed E-state index contributed by atoms with van der Waals surface area (Å²) in [5, 5.41) is 1.21. The molecule has 1 atom stereocenters. The highest BCUT2D eigenvalue weighted by atomic mass is 35.5. The van der Waals surface area contributed by atoms with Gasteiger partial charge >= 0.3 is 0 Å². The Labute approximate surface area is 131 Å². The average Bonchev–Trinajstić information content (AvgIpc) is 3.12. The van der Waals surface area contributed by atoms with Gasteiger partial charge in [0.25, 0.3) is 0 Å². The summed E-state index contributed by atoms with van der Waals surface area (Å²) in [6.07, 6.45) is 7.57. The van der Waals surface area contributed by atoms with Crippen LogP contribution in [0.2, 0.25) is 10.0 Å². The molecule has 1 aliphatic heterocycles. The molecular formula is C16H22Cl2N2. The smallest absolute Gasteiger partial charge is 0.0595 e. The lowest BCUT2D eigenvalue weighted by Gasteiger charge is -2.43. The molecule has 1 unspecified atom stereocenters. The van der Waals surface area contributed by atoms with Crippen molar-refractivity contribution in [1.29, 1.82) is 0 Å². The van der Waals surface area contributed by atoms with Gasteiger partial charge < -0.3 is 5.73 Å². The van der Waals surface area contributed by atoms with Gasteiger partial charge in [0.1, 0.15) is 0 Å². The Morgan fingerprint density at radius 1 is 1.00 bits per heavy atom. The number of nitrogens with two attached hydrogens (primary N) is 1. The zero-order valence-corrected chi connectivity index (χ0v) is 13.3. The van der Waals surface area contributed by atoms with Crippen molar-refractivity contribution in [2.75, 3.05) is 13.1 Å². The summed E-state index contributed by atoms with van der Waals surface area (Å²) in [7, 11) is 0. The molecular weight excluding hydrogens is 291 g/mol. The lowest BCUT2D eigenvalue weighted by atomic mass is 9.82. The molecule has 0 bridgehead atoms. The van der Waals surface area contributed by atoms with Gasteiger partial charge in [-0.15, -0.1) is 0 Å². The second-order valence-corrected chi connectivity index (χ2v) is 6.97. The number of rotatable bonds is 3. The highest BCUT2D eigenvalue weighted by Gasteiger charge is 2.45. The summed E-state index contributed by atoms with van der Waals surface area (Å²) < 4.78 is 0. The zero-order chi connectivity index (χ0) is 14.2. The van der Waals surface area contributed by atoms with Crippen LogP contribution in [0.1, 0.15) is 50.1 Å².